The van der Waals surface area contributed by atoms with E-state index < -0.39 is 16.7 Å². The van der Waals surface area contributed by atoms with Crippen LogP contribution in [-0.4, -0.2) is 29.0 Å². The summed E-state index contributed by atoms with van der Waals surface area (Å²) in [5, 5.41) is 13.7. The molecule has 1 aromatic heterocycles. The van der Waals surface area contributed by atoms with Crippen LogP contribution >= 0.6 is 12.2 Å². The highest BCUT2D eigenvalue weighted by Crippen LogP contribution is 2.35. The summed E-state index contributed by atoms with van der Waals surface area (Å²) < 4.78 is 11.1. The van der Waals surface area contributed by atoms with Crippen molar-refractivity contribution in [2.45, 2.75) is 19.8 Å². The normalized spacial score (nSPS) is 15.0. The second-order valence-corrected chi connectivity index (χ2v) is 8.43. The maximum absolute atomic E-state index is 13.2. The molecule has 0 aliphatic carbocycles. The molecular formula is C25H21N3O6S. The number of nitrogens with one attached hydrogen (secondary N) is 1. The summed E-state index contributed by atoms with van der Waals surface area (Å²) in [6.07, 6.45) is 1.31. The first kappa shape index (κ1) is 23.8. The molecule has 1 fully saturated rings. The zero-order chi connectivity index (χ0) is 25.3. The SMILES string of the molecule is COc1ccc([N+](=O)[O-])cc1-c1ccc(/C=C2\C(=O)NC(=S)N(c3ccc(C(C)C)cc3)C2=O)o1. The highest BCUT2D eigenvalue weighted by Gasteiger charge is 2.34. The number of carbonyl (C=O) groups excluding carboxylic acids is 2. The van der Waals surface area contributed by atoms with Gasteiger partial charge >= 0.3 is 0 Å². The Kier molecular flexibility index (Phi) is 6.48. The Balaban J connectivity index is 1.68. The Morgan fingerprint density at radius 2 is 1.83 bits per heavy atom. The maximum Gasteiger partial charge on any atom is 0.270 e. The molecular weight excluding hydrogens is 470 g/mol. The standard InChI is InChI=1S/C25H21N3O6S/c1-14(2)15-4-6-16(7-5-15)27-24(30)20(23(29)26-25(27)35)13-18-9-11-22(34-18)19-12-17(28(31)32)8-10-21(19)33-3/h4-14H,1-3H3,(H,26,29,35)/b20-13+. The van der Waals surface area contributed by atoms with Gasteiger partial charge in [0.05, 0.1) is 23.3 Å². The molecule has 3 aromatic rings. The minimum atomic E-state index is -0.652. The van der Waals surface area contributed by atoms with Crippen molar-refractivity contribution in [1.29, 1.82) is 0 Å². The number of nitro groups is 1. The van der Waals surface area contributed by atoms with Gasteiger partial charge in [0.15, 0.2) is 5.11 Å². The van der Waals surface area contributed by atoms with Gasteiger partial charge in [0.25, 0.3) is 17.5 Å². The van der Waals surface area contributed by atoms with Gasteiger partial charge in [-0.3, -0.25) is 29.9 Å². The number of non-ortho nitro benzene ring substituents is 1. The lowest BCUT2D eigenvalue weighted by Crippen LogP contribution is -2.54. The fourth-order valence-corrected chi connectivity index (χ4v) is 3.90. The summed E-state index contributed by atoms with van der Waals surface area (Å²) in [7, 11) is 1.44. The van der Waals surface area contributed by atoms with Gasteiger partial charge < -0.3 is 9.15 Å². The largest absolute Gasteiger partial charge is 0.496 e. The fraction of sp³-hybridized carbons (Fsp3) is 0.160. The van der Waals surface area contributed by atoms with Crippen LogP contribution in [0.15, 0.2) is 64.6 Å². The molecule has 1 aliphatic rings. The zero-order valence-corrected chi connectivity index (χ0v) is 19.9. The number of hydrogen-bond acceptors (Lipinski definition) is 7. The van der Waals surface area contributed by atoms with E-state index in [0.717, 1.165) is 5.56 Å². The van der Waals surface area contributed by atoms with Crippen molar-refractivity contribution in [3.63, 3.8) is 0 Å². The molecule has 0 radical (unpaired) electrons. The molecule has 0 saturated carbocycles. The van der Waals surface area contributed by atoms with Gasteiger partial charge in [-0.1, -0.05) is 26.0 Å². The molecule has 9 nitrogen and oxygen atoms in total. The number of carbonyl (C=O) groups is 2. The van der Waals surface area contributed by atoms with E-state index in [9.17, 15) is 19.7 Å². The van der Waals surface area contributed by atoms with E-state index in [1.165, 1.54) is 36.3 Å². The quantitative estimate of drug-likeness (QED) is 0.173. The summed E-state index contributed by atoms with van der Waals surface area (Å²) in [5.41, 5.74) is 1.68. The van der Waals surface area contributed by atoms with E-state index in [1.807, 2.05) is 12.1 Å². The Bertz CT molecular complexity index is 1370. The molecule has 2 heterocycles. The Morgan fingerprint density at radius 1 is 1.11 bits per heavy atom. The van der Waals surface area contributed by atoms with E-state index in [-0.39, 0.29) is 27.9 Å². The molecule has 1 aliphatic heterocycles. The van der Waals surface area contributed by atoms with Gasteiger partial charge in [0, 0.05) is 12.1 Å². The molecule has 35 heavy (non-hydrogen) atoms. The summed E-state index contributed by atoms with van der Waals surface area (Å²) in [6.45, 7) is 4.13. The van der Waals surface area contributed by atoms with Crippen LogP contribution in [0, 0.1) is 10.1 Å². The number of nitrogens with zero attached hydrogens (tertiary/aromatic N) is 2. The number of ether oxygens (including phenoxy) is 1. The minimum absolute atomic E-state index is 0.0177. The molecule has 0 unspecified atom stereocenters. The number of amides is 2. The predicted molar refractivity (Wildman–Crippen MR) is 134 cm³/mol. The van der Waals surface area contributed by atoms with Crippen LogP contribution in [-0.2, 0) is 9.59 Å². The van der Waals surface area contributed by atoms with Crippen molar-refractivity contribution in [2.24, 2.45) is 0 Å². The van der Waals surface area contributed by atoms with Crippen molar-refractivity contribution in [2.75, 3.05) is 12.0 Å². The van der Waals surface area contributed by atoms with E-state index in [2.05, 4.69) is 19.2 Å². The van der Waals surface area contributed by atoms with E-state index >= 15 is 0 Å². The Labute approximate surface area is 206 Å². The third-order valence-corrected chi connectivity index (χ3v) is 5.78. The number of thiocarbonyl (C=S) groups is 1. The average molecular weight is 492 g/mol. The minimum Gasteiger partial charge on any atom is -0.496 e. The lowest BCUT2D eigenvalue weighted by atomic mass is 10.0. The summed E-state index contributed by atoms with van der Waals surface area (Å²) in [4.78, 5) is 37.7. The summed E-state index contributed by atoms with van der Waals surface area (Å²) >= 11 is 5.25. The van der Waals surface area contributed by atoms with Crippen LogP contribution in [0.25, 0.3) is 17.4 Å². The number of furan rings is 1. The lowest BCUT2D eigenvalue weighted by Gasteiger charge is -2.29. The molecule has 2 amide bonds. The van der Waals surface area contributed by atoms with Crippen LogP contribution < -0.4 is 15.0 Å². The molecule has 1 N–H and O–H groups in total. The van der Waals surface area contributed by atoms with Crippen molar-refractivity contribution in [3.8, 4) is 17.1 Å². The molecule has 4 rings (SSSR count). The van der Waals surface area contributed by atoms with Crippen LogP contribution in [0.5, 0.6) is 5.75 Å². The number of nitro benzene ring substituents is 1. The van der Waals surface area contributed by atoms with Gasteiger partial charge in [-0.2, -0.15) is 0 Å². The van der Waals surface area contributed by atoms with Gasteiger partial charge in [-0.05, 0) is 60.1 Å². The first-order chi connectivity index (χ1) is 16.7. The topological polar surface area (TPSA) is 115 Å². The van der Waals surface area contributed by atoms with Gasteiger partial charge in [0.2, 0.25) is 0 Å². The maximum atomic E-state index is 13.2. The van der Waals surface area contributed by atoms with Gasteiger partial charge in [0.1, 0.15) is 22.8 Å². The summed E-state index contributed by atoms with van der Waals surface area (Å²) in [6, 6.07) is 14.6. The predicted octanol–water partition coefficient (Wildman–Crippen LogP) is 4.82. The van der Waals surface area contributed by atoms with Crippen LogP contribution in [0.2, 0.25) is 0 Å². The molecule has 0 bridgehead atoms. The number of rotatable bonds is 6. The van der Waals surface area contributed by atoms with Crippen LogP contribution in [0.1, 0.15) is 31.1 Å². The van der Waals surface area contributed by atoms with E-state index in [1.54, 1.807) is 24.3 Å². The lowest BCUT2D eigenvalue weighted by molar-refractivity contribution is -0.384. The van der Waals surface area contributed by atoms with Crippen LogP contribution in [0.3, 0.4) is 0 Å². The number of hydrogen-bond donors (Lipinski definition) is 1. The van der Waals surface area contributed by atoms with Gasteiger partial charge in [-0.15, -0.1) is 0 Å². The highest BCUT2D eigenvalue weighted by molar-refractivity contribution is 7.80. The van der Waals surface area contributed by atoms with Crippen LogP contribution in [0.4, 0.5) is 11.4 Å². The molecule has 2 aromatic carbocycles. The van der Waals surface area contributed by atoms with Gasteiger partial charge in [-0.25, -0.2) is 0 Å². The number of benzene rings is 2. The Hall–Kier alpha value is -4.31. The monoisotopic (exact) mass is 491 g/mol. The first-order valence-electron chi connectivity index (χ1n) is 10.6. The molecule has 1 saturated heterocycles. The fourth-order valence-electron chi connectivity index (χ4n) is 3.62. The zero-order valence-electron chi connectivity index (χ0n) is 19.1. The van der Waals surface area contributed by atoms with Crippen molar-refractivity contribution in [3.05, 3.63) is 81.6 Å². The molecule has 178 valence electrons. The second-order valence-electron chi connectivity index (χ2n) is 8.05. The highest BCUT2D eigenvalue weighted by atomic mass is 32.1. The number of methoxy groups -OCH3 is 1. The first-order valence-corrected chi connectivity index (χ1v) is 11.0. The third kappa shape index (κ3) is 4.69. The van der Waals surface area contributed by atoms with Crippen molar-refractivity contribution < 1.29 is 23.7 Å². The van der Waals surface area contributed by atoms with Crippen molar-refractivity contribution in [1.82, 2.24) is 5.32 Å². The summed E-state index contributed by atoms with van der Waals surface area (Å²) in [5.74, 6) is -0.0754. The number of anilines is 1. The van der Waals surface area contributed by atoms with E-state index in [0.29, 0.717) is 22.9 Å². The van der Waals surface area contributed by atoms with Crippen molar-refractivity contribution >= 4 is 46.6 Å². The molecule has 10 heteroatoms. The van der Waals surface area contributed by atoms with E-state index in [4.69, 9.17) is 21.4 Å². The Morgan fingerprint density at radius 3 is 2.46 bits per heavy atom. The molecule has 0 spiro atoms. The smallest absolute Gasteiger partial charge is 0.270 e. The molecule has 0 atom stereocenters. The third-order valence-electron chi connectivity index (χ3n) is 5.49. The average Bonchev–Trinajstić information content (AvgIpc) is 3.30. The second kappa shape index (κ2) is 9.51.